The lowest BCUT2D eigenvalue weighted by molar-refractivity contribution is 0.0919. The lowest BCUT2D eigenvalue weighted by atomic mass is 10.1. The van der Waals surface area contributed by atoms with E-state index in [0.29, 0.717) is 35.2 Å². The van der Waals surface area contributed by atoms with Gasteiger partial charge in [-0.25, -0.2) is 4.79 Å². The second-order valence-electron chi connectivity index (χ2n) is 7.44. The first-order valence-corrected chi connectivity index (χ1v) is 9.35. The Morgan fingerprint density at radius 2 is 1.79 bits per heavy atom. The highest BCUT2D eigenvalue weighted by Crippen LogP contribution is 2.16. The Kier molecular flexibility index (Phi) is 7.29. The average molecular weight is 404 g/mol. The molecule has 0 radical (unpaired) electrons. The van der Waals surface area contributed by atoms with Crippen LogP contribution >= 0.6 is 11.6 Å². The monoisotopic (exact) mass is 403 g/mol. The van der Waals surface area contributed by atoms with Crippen molar-refractivity contribution in [1.29, 1.82) is 0 Å². The number of nitrogens with zero attached hydrogens (tertiary/aromatic N) is 1. The van der Waals surface area contributed by atoms with Gasteiger partial charge in [0.05, 0.1) is 6.54 Å². The zero-order chi connectivity index (χ0) is 20.7. The van der Waals surface area contributed by atoms with Crippen molar-refractivity contribution >= 4 is 29.2 Å². The van der Waals surface area contributed by atoms with Gasteiger partial charge in [0.15, 0.2) is 0 Å². The van der Waals surface area contributed by atoms with Gasteiger partial charge in [0.25, 0.3) is 5.91 Å². The number of hydrogen-bond acceptors (Lipinski definition) is 3. The van der Waals surface area contributed by atoms with Crippen molar-refractivity contribution in [3.8, 4) is 5.75 Å². The van der Waals surface area contributed by atoms with E-state index in [9.17, 15) is 9.59 Å². The molecule has 0 bridgehead atoms. The number of amides is 3. The standard InChI is InChI=1S/C21H26ClN3O3/c1-21(2,3)24-19(26)15-6-5-7-17(14-15)23-20(27)25(4)12-13-28-18-10-8-16(22)9-11-18/h5-11,14H,12-13H2,1-4H3,(H,23,27)(H,24,26). The Bertz CT molecular complexity index is 816. The summed E-state index contributed by atoms with van der Waals surface area (Å²) in [5.74, 6) is 0.504. The molecule has 0 atom stereocenters. The highest BCUT2D eigenvalue weighted by Gasteiger charge is 2.16. The second kappa shape index (κ2) is 9.46. The summed E-state index contributed by atoms with van der Waals surface area (Å²) in [4.78, 5) is 26.1. The normalized spacial score (nSPS) is 10.9. The summed E-state index contributed by atoms with van der Waals surface area (Å²) in [6.45, 7) is 6.49. The van der Waals surface area contributed by atoms with E-state index in [0.717, 1.165) is 0 Å². The molecule has 3 amide bonds. The largest absolute Gasteiger partial charge is 0.492 e. The van der Waals surface area contributed by atoms with E-state index in [1.54, 1.807) is 55.6 Å². The van der Waals surface area contributed by atoms with Crippen molar-refractivity contribution in [2.24, 2.45) is 0 Å². The fraction of sp³-hybridized carbons (Fsp3) is 0.333. The van der Waals surface area contributed by atoms with Crippen LogP contribution in [0.3, 0.4) is 0 Å². The molecule has 0 aliphatic carbocycles. The average Bonchev–Trinajstić information content (AvgIpc) is 2.62. The van der Waals surface area contributed by atoms with Crippen molar-refractivity contribution < 1.29 is 14.3 Å². The number of halogens is 1. The van der Waals surface area contributed by atoms with Crippen LogP contribution in [-0.4, -0.2) is 42.6 Å². The Morgan fingerprint density at radius 3 is 2.43 bits per heavy atom. The quantitative estimate of drug-likeness (QED) is 0.750. The third-order valence-electron chi connectivity index (χ3n) is 3.72. The summed E-state index contributed by atoms with van der Waals surface area (Å²) in [6, 6.07) is 13.6. The van der Waals surface area contributed by atoms with Crippen LogP contribution in [0.15, 0.2) is 48.5 Å². The van der Waals surface area contributed by atoms with Gasteiger partial charge in [0.2, 0.25) is 0 Å². The van der Waals surface area contributed by atoms with E-state index >= 15 is 0 Å². The molecule has 2 N–H and O–H groups in total. The zero-order valence-corrected chi connectivity index (χ0v) is 17.3. The van der Waals surface area contributed by atoms with E-state index in [1.807, 2.05) is 20.8 Å². The van der Waals surface area contributed by atoms with Gasteiger partial charge < -0.3 is 20.3 Å². The predicted molar refractivity (Wildman–Crippen MR) is 112 cm³/mol. The molecule has 0 spiro atoms. The van der Waals surface area contributed by atoms with Crippen molar-refractivity contribution in [1.82, 2.24) is 10.2 Å². The third-order valence-corrected chi connectivity index (χ3v) is 3.97. The highest BCUT2D eigenvalue weighted by atomic mass is 35.5. The van der Waals surface area contributed by atoms with Gasteiger partial charge in [0, 0.05) is 28.9 Å². The molecule has 0 aliphatic rings. The number of benzene rings is 2. The zero-order valence-electron chi connectivity index (χ0n) is 16.6. The number of anilines is 1. The molecule has 0 saturated heterocycles. The molecular weight excluding hydrogens is 378 g/mol. The molecule has 0 aromatic heterocycles. The minimum absolute atomic E-state index is 0.187. The van der Waals surface area contributed by atoms with Gasteiger partial charge in [-0.15, -0.1) is 0 Å². The molecule has 0 aliphatic heterocycles. The van der Waals surface area contributed by atoms with Crippen molar-refractivity contribution in [2.45, 2.75) is 26.3 Å². The van der Waals surface area contributed by atoms with Crippen molar-refractivity contribution in [3.05, 3.63) is 59.1 Å². The fourth-order valence-electron chi connectivity index (χ4n) is 2.30. The first kappa shape index (κ1) is 21.6. The van der Waals surface area contributed by atoms with Crippen LogP contribution in [0.4, 0.5) is 10.5 Å². The van der Waals surface area contributed by atoms with Gasteiger partial charge in [-0.3, -0.25) is 4.79 Å². The van der Waals surface area contributed by atoms with Crippen molar-refractivity contribution in [2.75, 3.05) is 25.5 Å². The molecule has 6 nitrogen and oxygen atoms in total. The maximum Gasteiger partial charge on any atom is 0.321 e. The van der Waals surface area contributed by atoms with Crippen LogP contribution in [0.1, 0.15) is 31.1 Å². The maximum atomic E-state index is 12.4. The van der Waals surface area contributed by atoms with E-state index < -0.39 is 0 Å². The topological polar surface area (TPSA) is 70.7 Å². The molecule has 2 aromatic rings. The molecule has 28 heavy (non-hydrogen) atoms. The van der Waals surface area contributed by atoms with Crippen molar-refractivity contribution in [3.63, 3.8) is 0 Å². The SMILES string of the molecule is CN(CCOc1ccc(Cl)cc1)C(=O)Nc1cccc(C(=O)NC(C)(C)C)c1. The Hall–Kier alpha value is -2.73. The Morgan fingerprint density at radius 1 is 1.11 bits per heavy atom. The van der Waals surface area contributed by atoms with Gasteiger partial charge >= 0.3 is 6.03 Å². The fourth-order valence-corrected chi connectivity index (χ4v) is 2.43. The van der Waals surface area contributed by atoms with E-state index in [4.69, 9.17) is 16.3 Å². The Balaban J connectivity index is 1.86. The lowest BCUT2D eigenvalue weighted by Gasteiger charge is -2.21. The summed E-state index contributed by atoms with van der Waals surface area (Å²) in [6.07, 6.45) is 0. The minimum atomic E-state index is -0.333. The number of likely N-dealkylation sites (N-methyl/N-ethyl adjacent to an activating group) is 1. The number of hydrogen-bond donors (Lipinski definition) is 2. The number of ether oxygens (including phenoxy) is 1. The van der Waals surface area contributed by atoms with Gasteiger partial charge in [-0.1, -0.05) is 17.7 Å². The third kappa shape index (κ3) is 7.12. The van der Waals surface area contributed by atoms with Crippen LogP contribution in [0.25, 0.3) is 0 Å². The first-order chi connectivity index (χ1) is 13.1. The van der Waals surface area contributed by atoms with Crippen LogP contribution in [0.2, 0.25) is 5.02 Å². The molecule has 150 valence electrons. The summed E-state index contributed by atoms with van der Waals surface area (Å²) >= 11 is 5.84. The smallest absolute Gasteiger partial charge is 0.321 e. The number of nitrogens with one attached hydrogen (secondary N) is 2. The molecule has 0 heterocycles. The molecular formula is C21H26ClN3O3. The number of urea groups is 1. The summed E-state index contributed by atoms with van der Waals surface area (Å²) in [5, 5.41) is 6.33. The summed E-state index contributed by atoms with van der Waals surface area (Å²) in [5.41, 5.74) is 0.708. The molecule has 0 fully saturated rings. The van der Waals surface area contributed by atoms with Gasteiger partial charge in [-0.2, -0.15) is 0 Å². The lowest BCUT2D eigenvalue weighted by Crippen LogP contribution is -2.40. The number of rotatable bonds is 6. The highest BCUT2D eigenvalue weighted by molar-refractivity contribution is 6.30. The molecule has 0 saturated carbocycles. The van der Waals surface area contributed by atoms with E-state index in [-0.39, 0.29) is 17.5 Å². The minimum Gasteiger partial charge on any atom is -0.492 e. The number of carbonyl (C=O) groups excluding carboxylic acids is 2. The van der Waals surface area contributed by atoms with E-state index in [2.05, 4.69) is 10.6 Å². The summed E-state index contributed by atoms with van der Waals surface area (Å²) < 4.78 is 5.60. The second-order valence-corrected chi connectivity index (χ2v) is 7.88. The van der Waals surface area contributed by atoms with Crippen LogP contribution in [0, 0.1) is 0 Å². The maximum absolute atomic E-state index is 12.4. The predicted octanol–water partition coefficient (Wildman–Crippen LogP) is 4.41. The van der Waals surface area contributed by atoms with E-state index in [1.165, 1.54) is 4.90 Å². The molecule has 2 aromatic carbocycles. The molecule has 7 heteroatoms. The molecule has 2 rings (SSSR count). The van der Waals surface area contributed by atoms with Gasteiger partial charge in [-0.05, 0) is 63.2 Å². The van der Waals surface area contributed by atoms with Crippen LogP contribution < -0.4 is 15.4 Å². The summed E-state index contributed by atoms with van der Waals surface area (Å²) in [7, 11) is 1.68. The number of carbonyl (C=O) groups is 2. The first-order valence-electron chi connectivity index (χ1n) is 8.97. The Labute approximate surface area is 170 Å². The molecule has 0 unspecified atom stereocenters. The van der Waals surface area contributed by atoms with Gasteiger partial charge in [0.1, 0.15) is 12.4 Å². The van der Waals surface area contributed by atoms with Crippen LogP contribution in [-0.2, 0) is 0 Å². The van der Waals surface area contributed by atoms with Crippen LogP contribution in [0.5, 0.6) is 5.75 Å².